The maximum absolute atomic E-state index is 10.3. The third-order valence-corrected chi connectivity index (χ3v) is 3.59. The molecule has 0 aliphatic heterocycles. The fraction of sp³-hybridized carbons (Fsp3) is 0.381. The molecule has 23 heavy (non-hydrogen) atoms. The average molecular weight is 312 g/mol. The van der Waals surface area contributed by atoms with E-state index in [1.54, 1.807) is 12.1 Å². The normalized spacial score (nSPS) is 11.4. The van der Waals surface area contributed by atoms with Gasteiger partial charge in [-0.2, -0.15) is 0 Å². The van der Waals surface area contributed by atoms with Gasteiger partial charge in [0, 0.05) is 5.56 Å². The quantitative estimate of drug-likeness (QED) is 0.707. The van der Waals surface area contributed by atoms with Crippen LogP contribution in [0.15, 0.2) is 48.5 Å². The van der Waals surface area contributed by atoms with E-state index in [1.165, 1.54) is 0 Å². The molecule has 0 atom stereocenters. The summed E-state index contributed by atoms with van der Waals surface area (Å²) in [5.74, 6) is 0.456. The Labute approximate surface area is 140 Å². The van der Waals surface area contributed by atoms with Crippen molar-refractivity contribution in [2.24, 2.45) is 0 Å². The number of aromatic hydroxyl groups is 1. The number of carbonyl (C=O) groups is 1. The van der Waals surface area contributed by atoms with Gasteiger partial charge in [0.15, 0.2) is 0 Å². The van der Waals surface area contributed by atoms with E-state index in [0.717, 1.165) is 23.0 Å². The molecule has 2 aromatic rings. The first-order valence-corrected chi connectivity index (χ1v) is 7.90. The van der Waals surface area contributed by atoms with Crippen LogP contribution in [0.3, 0.4) is 0 Å². The molecule has 0 unspecified atom stereocenters. The van der Waals surface area contributed by atoms with Gasteiger partial charge in [0.1, 0.15) is 12.0 Å². The van der Waals surface area contributed by atoms with Crippen molar-refractivity contribution in [3.05, 3.63) is 65.2 Å². The first-order valence-electron chi connectivity index (χ1n) is 7.90. The van der Waals surface area contributed by atoms with Crippen LogP contribution in [-0.2, 0) is 10.8 Å². The molecule has 0 bridgehead atoms. The van der Waals surface area contributed by atoms with E-state index in [1.807, 2.05) is 36.4 Å². The van der Waals surface area contributed by atoms with Gasteiger partial charge < -0.3 is 5.11 Å². The summed E-state index contributed by atoms with van der Waals surface area (Å²) < 4.78 is 0. The molecular formula is C21H28O2. The Kier molecular flexibility index (Phi) is 6.14. The van der Waals surface area contributed by atoms with Crippen LogP contribution in [0, 0.1) is 0 Å². The SMILES string of the molecule is CC(C)(C)c1cccc(C(C)(C)C)c1O.O=Cc1ccccc1. The highest BCUT2D eigenvalue weighted by Crippen LogP contribution is 2.38. The number of aldehydes is 1. The number of para-hydroxylation sites is 1. The van der Waals surface area contributed by atoms with Crippen molar-refractivity contribution in [2.45, 2.75) is 52.4 Å². The smallest absolute Gasteiger partial charge is 0.150 e. The summed E-state index contributed by atoms with van der Waals surface area (Å²) in [4.78, 5) is 10.0. The Morgan fingerprint density at radius 3 is 1.48 bits per heavy atom. The number of rotatable bonds is 1. The summed E-state index contributed by atoms with van der Waals surface area (Å²) in [5.41, 5.74) is 2.76. The van der Waals surface area contributed by atoms with Crippen LogP contribution in [0.1, 0.15) is 63.0 Å². The summed E-state index contributed by atoms with van der Waals surface area (Å²) >= 11 is 0. The predicted octanol–water partition coefficient (Wildman–Crippen LogP) is 5.49. The maximum Gasteiger partial charge on any atom is 0.150 e. The Hall–Kier alpha value is -2.09. The van der Waals surface area contributed by atoms with Crippen molar-refractivity contribution < 1.29 is 9.90 Å². The molecule has 2 heteroatoms. The fourth-order valence-corrected chi connectivity index (χ4v) is 2.29. The van der Waals surface area contributed by atoms with Gasteiger partial charge in [-0.3, -0.25) is 4.79 Å². The average Bonchev–Trinajstić information content (AvgIpc) is 2.46. The van der Waals surface area contributed by atoms with Crippen LogP contribution in [0.5, 0.6) is 5.75 Å². The molecule has 0 fully saturated rings. The van der Waals surface area contributed by atoms with Gasteiger partial charge in [0.2, 0.25) is 0 Å². The molecule has 124 valence electrons. The van der Waals surface area contributed by atoms with Crippen LogP contribution in [0.2, 0.25) is 0 Å². The lowest BCUT2D eigenvalue weighted by Gasteiger charge is -2.26. The van der Waals surface area contributed by atoms with Crippen molar-refractivity contribution in [1.82, 2.24) is 0 Å². The topological polar surface area (TPSA) is 37.3 Å². The van der Waals surface area contributed by atoms with E-state index in [0.29, 0.717) is 5.75 Å². The third-order valence-electron chi connectivity index (χ3n) is 3.59. The van der Waals surface area contributed by atoms with Crippen LogP contribution >= 0.6 is 0 Å². The van der Waals surface area contributed by atoms with Crippen LogP contribution < -0.4 is 0 Å². The molecule has 0 aliphatic rings. The van der Waals surface area contributed by atoms with E-state index in [-0.39, 0.29) is 10.8 Å². The summed E-state index contributed by atoms with van der Waals surface area (Å²) in [6.45, 7) is 12.7. The molecule has 0 radical (unpaired) electrons. The predicted molar refractivity (Wildman–Crippen MR) is 97.3 cm³/mol. The minimum Gasteiger partial charge on any atom is -0.507 e. The number of carbonyl (C=O) groups excluding carboxylic acids is 1. The minimum atomic E-state index is -0.00859. The second-order valence-electron chi connectivity index (χ2n) is 7.73. The molecule has 0 aromatic heterocycles. The first-order chi connectivity index (χ1) is 10.6. The van der Waals surface area contributed by atoms with Crippen molar-refractivity contribution >= 4 is 6.29 Å². The molecule has 0 saturated heterocycles. The molecule has 2 rings (SSSR count). The van der Waals surface area contributed by atoms with E-state index in [4.69, 9.17) is 0 Å². The summed E-state index contributed by atoms with van der Waals surface area (Å²) in [6, 6.07) is 15.1. The summed E-state index contributed by atoms with van der Waals surface area (Å²) in [6.07, 6.45) is 0.833. The van der Waals surface area contributed by atoms with Gasteiger partial charge in [-0.1, -0.05) is 90.1 Å². The van der Waals surface area contributed by atoms with Crippen molar-refractivity contribution in [2.75, 3.05) is 0 Å². The monoisotopic (exact) mass is 312 g/mol. The minimum absolute atomic E-state index is 0.00859. The molecule has 0 heterocycles. The highest BCUT2D eigenvalue weighted by atomic mass is 16.3. The van der Waals surface area contributed by atoms with E-state index in [9.17, 15) is 9.90 Å². The van der Waals surface area contributed by atoms with Gasteiger partial charge in [-0.05, 0) is 22.0 Å². The zero-order chi connectivity index (χ0) is 17.7. The molecule has 2 aromatic carbocycles. The largest absolute Gasteiger partial charge is 0.507 e. The van der Waals surface area contributed by atoms with E-state index >= 15 is 0 Å². The van der Waals surface area contributed by atoms with Crippen LogP contribution in [0.25, 0.3) is 0 Å². The third kappa shape index (κ3) is 5.55. The van der Waals surface area contributed by atoms with Gasteiger partial charge in [-0.25, -0.2) is 0 Å². The van der Waals surface area contributed by atoms with Gasteiger partial charge in [-0.15, -0.1) is 0 Å². The van der Waals surface area contributed by atoms with Gasteiger partial charge >= 0.3 is 0 Å². The molecule has 0 spiro atoms. The molecule has 0 amide bonds. The van der Waals surface area contributed by atoms with Gasteiger partial charge in [0.25, 0.3) is 0 Å². The summed E-state index contributed by atoms with van der Waals surface area (Å²) in [7, 11) is 0. The lowest BCUT2D eigenvalue weighted by Crippen LogP contribution is -2.16. The lowest BCUT2D eigenvalue weighted by molar-refractivity contribution is 0.112. The number of phenols is 1. The highest BCUT2D eigenvalue weighted by molar-refractivity contribution is 5.74. The van der Waals surface area contributed by atoms with Crippen molar-refractivity contribution in [3.8, 4) is 5.75 Å². The number of benzene rings is 2. The van der Waals surface area contributed by atoms with Crippen LogP contribution in [0.4, 0.5) is 0 Å². The Morgan fingerprint density at radius 2 is 1.17 bits per heavy atom. The number of hydrogen-bond donors (Lipinski definition) is 1. The van der Waals surface area contributed by atoms with E-state index in [2.05, 4.69) is 41.5 Å². The second kappa shape index (κ2) is 7.45. The maximum atomic E-state index is 10.3. The second-order valence-corrected chi connectivity index (χ2v) is 7.73. The fourth-order valence-electron chi connectivity index (χ4n) is 2.29. The standard InChI is InChI=1S/C14H22O.C7H6O/c1-13(2,3)10-8-7-9-11(12(10)15)14(4,5)6;8-6-7-4-2-1-3-5-7/h7-9,15H,1-6H3;1-6H. The lowest BCUT2D eigenvalue weighted by atomic mass is 9.80. The number of phenolic OH excluding ortho intramolecular Hbond substituents is 1. The Bertz CT molecular complexity index is 597. The highest BCUT2D eigenvalue weighted by Gasteiger charge is 2.24. The molecule has 0 aliphatic carbocycles. The van der Waals surface area contributed by atoms with Crippen molar-refractivity contribution in [1.29, 1.82) is 0 Å². The zero-order valence-electron chi connectivity index (χ0n) is 15.1. The molecule has 2 nitrogen and oxygen atoms in total. The molecule has 1 N–H and O–H groups in total. The Morgan fingerprint density at radius 1 is 0.739 bits per heavy atom. The Balaban J connectivity index is 0.000000277. The van der Waals surface area contributed by atoms with Gasteiger partial charge in [0.05, 0.1) is 0 Å². The molecule has 0 saturated carbocycles. The first kappa shape index (κ1) is 19.0. The van der Waals surface area contributed by atoms with Crippen LogP contribution in [-0.4, -0.2) is 11.4 Å². The van der Waals surface area contributed by atoms with Crippen molar-refractivity contribution in [3.63, 3.8) is 0 Å². The van der Waals surface area contributed by atoms with E-state index < -0.39 is 0 Å². The molecular weight excluding hydrogens is 284 g/mol. The zero-order valence-corrected chi connectivity index (χ0v) is 15.1. The summed E-state index contributed by atoms with van der Waals surface area (Å²) in [5, 5.41) is 10.3. The number of hydrogen-bond acceptors (Lipinski definition) is 2.